The highest BCUT2D eigenvalue weighted by Crippen LogP contribution is 2.37. The molecule has 0 aliphatic rings. The molecule has 2 heterocycles. The van der Waals surface area contributed by atoms with Gasteiger partial charge in [-0.3, -0.25) is 9.88 Å². The molecule has 1 aromatic carbocycles. The molecule has 12 heteroatoms. The van der Waals surface area contributed by atoms with Crippen molar-refractivity contribution < 1.29 is 31.1 Å². The number of nitrogens with one attached hydrogen (secondary N) is 1. The number of carbonyl (C=O) groups is 1. The fourth-order valence-corrected chi connectivity index (χ4v) is 2.51. The van der Waals surface area contributed by atoms with E-state index in [9.17, 15) is 31.1 Å². The average molecular weight is 441 g/mol. The molecule has 3 rings (SSSR count). The van der Waals surface area contributed by atoms with E-state index in [2.05, 4.69) is 15.0 Å². The van der Waals surface area contributed by atoms with Crippen molar-refractivity contribution in [3.8, 4) is 11.3 Å². The highest BCUT2D eigenvalue weighted by molar-refractivity contribution is 6.00. The van der Waals surface area contributed by atoms with Crippen LogP contribution < -0.4 is 10.2 Å². The van der Waals surface area contributed by atoms with Gasteiger partial charge in [-0.1, -0.05) is 0 Å². The van der Waals surface area contributed by atoms with Crippen LogP contribution in [0.1, 0.15) is 11.1 Å². The summed E-state index contributed by atoms with van der Waals surface area (Å²) in [7, 11) is 1.22. The van der Waals surface area contributed by atoms with Crippen molar-refractivity contribution in [2.24, 2.45) is 0 Å². The molecule has 3 aromatic rings. The van der Waals surface area contributed by atoms with Gasteiger partial charge in [0.1, 0.15) is 0 Å². The second-order valence-corrected chi connectivity index (χ2v) is 6.27. The second kappa shape index (κ2) is 8.20. The van der Waals surface area contributed by atoms with Crippen LogP contribution in [0.4, 0.5) is 42.8 Å². The monoisotopic (exact) mass is 441 g/mol. The van der Waals surface area contributed by atoms with E-state index in [0.717, 1.165) is 4.90 Å². The van der Waals surface area contributed by atoms with E-state index in [-0.39, 0.29) is 12.0 Å². The summed E-state index contributed by atoms with van der Waals surface area (Å²) in [6.07, 6.45) is -5.65. The average Bonchev–Trinajstić information content (AvgIpc) is 2.72. The Morgan fingerprint density at radius 3 is 2.16 bits per heavy atom. The number of anilines is 2. The molecule has 0 aliphatic carbocycles. The minimum absolute atomic E-state index is 0.0279. The van der Waals surface area contributed by atoms with Gasteiger partial charge in [-0.15, -0.1) is 0 Å². The molecule has 0 aliphatic heterocycles. The molecule has 0 unspecified atom stereocenters. The van der Waals surface area contributed by atoms with Crippen LogP contribution in [-0.2, 0) is 12.4 Å². The van der Waals surface area contributed by atoms with Crippen molar-refractivity contribution in [2.75, 3.05) is 17.3 Å². The van der Waals surface area contributed by atoms with Gasteiger partial charge in [0.05, 0.1) is 16.8 Å². The Morgan fingerprint density at radius 2 is 1.61 bits per heavy atom. The molecule has 0 fully saturated rings. The number of aromatic nitrogens is 3. The Morgan fingerprint density at radius 1 is 0.968 bits per heavy atom. The molecule has 0 radical (unpaired) electrons. The molecule has 0 saturated heterocycles. The van der Waals surface area contributed by atoms with E-state index in [1.54, 1.807) is 24.4 Å². The van der Waals surface area contributed by atoms with Gasteiger partial charge in [-0.25, -0.2) is 14.8 Å². The first-order chi connectivity index (χ1) is 14.4. The van der Waals surface area contributed by atoms with E-state index in [1.807, 2.05) is 5.32 Å². The second-order valence-electron chi connectivity index (χ2n) is 6.27. The number of carbonyl (C=O) groups excluding carboxylic acids is 1. The maximum absolute atomic E-state index is 13.0. The summed E-state index contributed by atoms with van der Waals surface area (Å²) >= 11 is 0. The predicted molar refractivity (Wildman–Crippen MR) is 99.1 cm³/mol. The quantitative estimate of drug-likeness (QED) is 0.564. The first-order valence-corrected chi connectivity index (χ1v) is 8.53. The number of halogens is 6. The van der Waals surface area contributed by atoms with Gasteiger partial charge in [0.25, 0.3) is 0 Å². The topological polar surface area (TPSA) is 71.0 Å². The fraction of sp³-hybridized carbons (Fsp3) is 0.158. The molecule has 0 bridgehead atoms. The van der Waals surface area contributed by atoms with Crippen molar-refractivity contribution in [1.82, 2.24) is 15.0 Å². The van der Waals surface area contributed by atoms with Crippen LogP contribution in [0.3, 0.4) is 0 Å². The lowest BCUT2D eigenvalue weighted by Gasteiger charge is -2.18. The van der Waals surface area contributed by atoms with Crippen LogP contribution in [0, 0.1) is 0 Å². The maximum atomic E-state index is 13.0. The van der Waals surface area contributed by atoms with Crippen molar-refractivity contribution in [1.29, 1.82) is 0 Å². The summed E-state index contributed by atoms with van der Waals surface area (Å²) in [6.45, 7) is 0. The summed E-state index contributed by atoms with van der Waals surface area (Å²) in [5.74, 6) is -0.123. The first-order valence-electron chi connectivity index (χ1n) is 8.53. The van der Waals surface area contributed by atoms with Gasteiger partial charge in [0.15, 0.2) is 0 Å². The number of hydrogen-bond donors (Lipinski definition) is 1. The predicted octanol–water partition coefficient (Wildman–Crippen LogP) is 5.24. The molecular weight excluding hydrogens is 428 g/mol. The lowest BCUT2D eigenvalue weighted by atomic mass is 10.1. The van der Waals surface area contributed by atoms with Crippen LogP contribution >= 0.6 is 0 Å². The Balaban J connectivity index is 1.88. The molecule has 31 heavy (non-hydrogen) atoms. The summed E-state index contributed by atoms with van der Waals surface area (Å²) in [5, 5.41) is 2.02. The lowest BCUT2D eigenvalue weighted by Crippen LogP contribution is -2.32. The van der Waals surface area contributed by atoms with Crippen molar-refractivity contribution in [3.05, 3.63) is 66.1 Å². The summed E-state index contributed by atoms with van der Waals surface area (Å²) < 4.78 is 77.9. The Labute approximate surface area is 171 Å². The number of alkyl halides is 6. The number of pyridine rings is 1. The lowest BCUT2D eigenvalue weighted by molar-refractivity contribution is -0.143. The summed E-state index contributed by atoms with van der Waals surface area (Å²) in [6, 6.07) is 4.69. The zero-order valence-electron chi connectivity index (χ0n) is 15.7. The van der Waals surface area contributed by atoms with Crippen molar-refractivity contribution in [2.45, 2.75) is 12.4 Å². The molecule has 2 aromatic heterocycles. The van der Waals surface area contributed by atoms with Gasteiger partial charge in [-0.2, -0.15) is 26.3 Å². The zero-order valence-corrected chi connectivity index (χ0v) is 15.7. The molecule has 1 N–H and O–H groups in total. The van der Waals surface area contributed by atoms with Crippen molar-refractivity contribution >= 4 is 17.7 Å². The van der Waals surface area contributed by atoms with Crippen LogP contribution in [0.25, 0.3) is 11.3 Å². The Kier molecular flexibility index (Phi) is 5.82. The standard InChI is InChI=1S/C19H13F6N5O/c1-30(16-27-6-4-15(29-16)11-3-2-5-26-10-11)17(31)28-14-8-12(18(20,21)22)7-13(9-14)19(23,24)25/h2-10H,1H3,(H,28,31). The molecule has 162 valence electrons. The van der Waals surface area contributed by atoms with Crippen LogP contribution in [0.5, 0.6) is 0 Å². The van der Waals surface area contributed by atoms with Gasteiger partial charge < -0.3 is 5.32 Å². The van der Waals surface area contributed by atoms with Gasteiger partial charge in [-0.05, 0) is 36.4 Å². The maximum Gasteiger partial charge on any atom is 0.416 e. The third kappa shape index (κ3) is 5.27. The summed E-state index contributed by atoms with van der Waals surface area (Å²) in [4.78, 5) is 25.3. The zero-order chi connectivity index (χ0) is 22.8. The largest absolute Gasteiger partial charge is 0.416 e. The number of nitrogens with zero attached hydrogens (tertiary/aromatic N) is 4. The van der Waals surface area contributed by atoms with Crippen LogP contribution in [0.2, 0.25) is 0 Å². The normalized spacial score (nSPS) is 11.8. The van der Waals surface area contributed by atoms with E-state index in [4.69, 9.17) is 0 Å². The molecule has 6 nitrogen and oxygen atoms in total. The summed E-state index contributed by atoms with van der Waals surface area (Å²) in [5.41, 5.74) is -2.74. The van der Waals surface area contributed by atoms with Gasteiger partial charge in [0, 0.05) is 36.9 Å². The Hall–Kier alpha value is -3.70. The highest BCUT2D eigenvalue weighted by atomic mass is 19.4. The first kappa shape index (κ1) is 22.0. The van der Waals surface area contributed by atoms with E-state index < -0.39 is 35.2 Å². The third-order valence-corrected chi connectivity index (χ3v) is 4.04. The molecule has 0 spiro atoms. The molecular formula is C19H13F6N5O. The Bertz CT molecular complexity index is 1050. The molecule has 0 atom stereocenters. The SMILES string of the molecule is CN(C(=O)Nc1cc(C(F)(F)F)cc(C(F)(F)F)c1)c1nccc(-c2cccnc2)n1. The number of urea groups is 1. The smallest absolute Gasteiger partial charge is 0.307 e. The number of rotatable bonds is 3. The van der Waals surface area contributed by atoms with E-state index in [1.165, 1.54) is 19.4 Å². The van der Waals surface area contributed by atoms with Crippen molar-refractivity contribution in [3.63, 3.8) is 0 Å². The highest BCUT2D eigenvalue weighted by Gasteiger charge is 2.37. The number of amides is 2. The molecule has 2 amide bonds. The van der Waals surface area contributed by atoms with Gasteiger partial charge >= 0.3 is 18.4 Å². The van der Waals surface area contributed by atoms with Crippen LogP contribution in [0.15, 0.2) is 55.0 Å². The van der Waals surface area contributed by atoms with E-state index >= 15 is 0 Å². The molecule has 0 saturated carbocycles. The third-order valence-electron chi connectivity index (χ3n) is 4.04. The van der Waals surface area contributed by atoms with Crippen LogP contribution in [-0.4, -0.2) is 28.0 Å². The minimum atomic E-state index is -5.03. The number of hydrogen-bond acceptors (Lipinski definition) is 4. The van der Waals surface area contributed by atoms with E-state index in [0.29, 0.717) is 23.4 Å². The fourth-order valence-electron chi connectivity index (χ4n) is 2.51. The minimum Gasteiger partial charge on any atom is -0.307 e. The van der Waals surface area contributed by atoms with Gasteiger partial charge in [0.2, 0.25) is 5.95 Å². The number of benzene rings is 1.